The van der Waals surface area contributed by atoms with Crippen molar-refractivity contribution < 1.29 is 32.6 Å². The molecule has 20 heavy (non-hydrogen) atoms. The third-order valence-corrected chi connectivity index (χ3v) is 2.87. The molecule has 5 N–H and O–H groups in total. The Balaban J connectivity index is 4.64. The van der Waals surface area contributed by atoms with Gasteiger partial charge in [-0.15, -0.1) is 0 Å². The van der Waals surface area contributed by atoms with Crippen LogP contribution in [0.25, 0.3) is 0 Å². The van der Waals surface area contributed by atoms with Gasteiger partial charge in [0, 0.05) is 6.42 Å². The third-order valence-electron chi connectivity index (χ3n) is 1.84. The Hall–Kier alpha value is -1.88. The van der Waals surface area contributed by atoms with Crippen molar-refractivity contribution in [2.24, 2.45) is 5.73 Å². The number of rotatable bonds is 8. The molecule has 0 rings (SSSR count). The van der Waals surface area contributed by atoms with Crippen molar-refractivity contribution in [3.8, 4) is 0 Å². The number of aliphatic carboxylic acids is 1. The van der Waals surface area contributed by atoms with Gasteiger partial charge in [-0.2, -0.15) is 13.1 Å². The maximum absolute atomic E-state index is 11.5. The molecule has 0 aromatic carbocycles. The molecule has 116 valence electrons. The Morgan fingerprint density at radius 1 is 1.30 bits per heavy atom. The van der Waals surface area contributed by atoms with Crippen molar-refractivity contribution in [2.75, 3.05) is 0 Å². The molecule has 0 bridgehead atoms. The zero-order valence-electron chi connectivity index (χ0n) is 11.0. The van der Waals surface area contributed by atoms with Crippen LogP contribution in [0.1, 0.15) is 26.7 Å². The Morgan fingerprint density at radius 3 is 2.25 bits per heavy atom. The zero-order chi connectivity index (χ0) is 15.9. The summed E-state index contributed by atoms with van der Waals surface area (Å²) >= 11 is 0. The first-order valence-corrected chi connectivity index (χ1v) is 7.03. The molecular weight excluding hydrogens is 294 g/mol. The lowest BCUT2D eigenvalue weighted by Gasteiger charge is -2.15. The van der Waals surface area contributed by atoms with E-state index in [1.54, 1.807) is 4.72 Å². The van der Waals surface area contributed by atoms with E-state index in [9.17, 15) is 22.8 Å². The molecule has 2 amide bonds. The maximum Gasteiger partial charge on any atom is 0.422 e. The maximum atomic E-state index is 11.5. The van der Waals surface area contributed by atoms with Crippen molar-refractivity contribution in [1.82, 2.24) is 9.44 Å². The summed E-state index contributed by atoms with van der Waals surface area (Å²) in [6, 6.07) is -1.59. The summed E-state index contributed by atoms with van der Waals surface area (Å²) in [5.74, 6) is -2.28. The number of carboxylic acid groups (broad SMARTS) is 1. The quantitative estimate of drug-likeness (QED) is 0.431. The van der Waals surface area contributed by atoms with Crippen LogP contribution in [-0.4, -0.2) is 43.6 Å². The number of carbonyl (C=O) groups excluding carboxylic acids is 2. The second-order valence-corrected chi connectivity index (χ2v) is 5.52. The first-order valence-electron chi connectivity index (χ1n) is 5.55. The lowest BCUT2D eigenvalue weighted by molar-refractivity contribution is -0.139. The number of carboxylic acids is 1. The van der Waals surface area contributed by atoms with Crippen LogP contribution < -0.4 is 15.2 Å². The molecule has 0 aromatic heterocycles. The predicted molar refractivity (Wildman–Crippen MR) is 66.7 cm³/mol. The van der Waals surface area contributed by atoms with Crippen LogP contribution >= 0.6 is 0 Å². The number of nitrogens with two attached hydrogens (primary N) is 1. The highest BCUT2D eigenvalue weighted by atomic mass is 32.2. The van der Waals surface area contributed by atoms with Crippen molar-refractivity contribution in [2.45, 2.75) is 38.8 Å². The van der Waals surface area contributed by atoms with Gasteiger partial charge in [0.2, 0.25) is 5.91 Å². The number of ether oxygens (including phenoxy) is 1. The van der Waals surface area contributed by atoms with E-state index in [4.69, 9.17) is 10.8 Å². The van der Waals surface area contributed by atoms with E-state index in [0.29, 0.717) is 0 Å². The minimum atomic E-state index is -4.43. The Kier molecular flexibility index (Phi) is 6.93. The van der Waals surface area contributed by atoms with Gasteiger partial charge in [-0.05, 0) is 20.3 Å². The summed E-state index contributed by atoms with van der Waals surface area (Å²) in [6.07, 6.45) is -2.46. The van der Waals surface area contributed by atoms with E-state index in [1.807, 2.05) is 0 Å². The number of carbonyl (C=O) groups is 3. The number of primary amides is 1. The van der Waals surface area contributed by atoms with Gasteiger partial charge in [-0.3, -0.25) is 9.59 Å². The molecule has 0 spiro atoms. The molecule has 0 fully saturated rings. The highest BCUT2D eigenvalue weighted by Crippen LogP contribution is 1.99. The van der Waals surface area contributed by atoms with E-state index in [0.717, 1.165) is 0 Å². The van der Waals surface area contributed by atoms with Gasteiger partial charge in [0.05, 0.1) is 6.10 Å². The Labute approximate surface area is 115 Å². The summed E-state index contributed by atoms with van der Waals surface area (Å²) in [5, 5.41) is 8.81. The smallest absolute Gasteiger partial charge is 0.422 e. The minimum Gasteiger partial charge on any atom is -0.480 e. The second-order valence-electron chi connectivity index (χ2n) is 4.07. The van der Waals surface area contributed by atoms with Gasteiger partial charge < -0.3 is 15.6 Å². The molecule has 0 aliphatic carbocycles. The average Bonchev–Trinajstić information content (AvgIpc) is 2.21. The van der Waals surface area contributed by atoms with Gasteiger partial charge in [-0.25, -0.2) is 9.52 Å². The normalized spacial score (nSPS) is 12.8. The fraction of sp³-hybridized carbons (Fsp3) is 0.667. The summed E-state index contributed by atoms with van der Waals surface area (Å²) in [7, 11) is -4.43. The number of nitrogens with one attached hydrogen (secondary N) is 2. The molecule has 1 atom stereocenters. The second kappa shape index (κ2) is 7.65. The first kappa shape index (κ1) is 18.1. The first-order chi connectivity index (χ1) is 9.03. The van der Waals surface area contributed by atoms with Gasteiger partial charge in [0.25, 0.3) is 0 Å². The van der Waals surface area contributed by atoms with Gasteiger partial charge in [0.1, 0.15) is 6.04 Å². The number of amides is 2. The SMILES string of the molecule is CC(C)OC(=O)NS(=O)(=O)NC(CCC(N)=O)C(=O)O. The molecule has 0 saturated heterocycles. The molecule has 0 radical (unpaired) electrons. The average molecular weight is 311 g/mol. The van der Waals surface area contributed by atoms with E-state index in [1.165, 1.54) is 18.6 Å². The Bertz CT molecular complexity index is 474. The van der Waals surface area contributed by atoms with Gasteiger partial charge in [-0.1, -0.05) is 0 Å². The summed E-state index contributed by atoms with van der Waals surface area (Å²) in [5.41, 5.74) is 4.84. The van der Waals surface area contributed by atoms with E-state index in [2.05, 4.69) is 4.74 Å². The summed E-state index contributed by atoms with van der Waals surface area (Å²) in [6.45, 7) is 3.01. The monoisotopic (exact) mass is 311 g/mol. The molecule has 0 aliphatic rings. The van der Waals surface area contributed by atoms with Crippen LogP contribution in [0, 0.1) is 0 Å². The van der Waals surface area contributed by atoms with Crippen LogP contribution in [-0.2, 0) is 24.5 Å². The van der Waals surface area contributed by atoms with Crippen molar-refractivity contribution in [3.63, 3.8) is 0 Å². The lowest BCUT2D eigenvalue weighted by Crippen LogP contribution is -2.48. The number of hydrogen-bond donors (Lipinski definition) is 4. The molecule has 1 unspecified atom stereocenters. The molecule has 0 saturated carbocycles. The molecule has 0 aromatic rings. The molecule has 10 nitrogen and oxygen atoms in total. The lowest BCUT2D eigenvalue weighted by atomic mass is 10.2. The van der Waals surface area contributed by atoms with Crippen molar-refractivity contribution >= 4 is 28.2 Å². The van der Waals surface area contributed by atoms with Crippen LogP contribution in [0.5, 0.6) is 0 Å². The highest BCUT2D eigenvalue weighted by molar-refractivity contribution is 7.88. The van der Waals surface area contributed by atoms with E-state index >= 15 is 0 Å². The topological polar surface area (TPSA) is 165 Å². The molecule has 11 heteroatoms. The summed E-state index contributed by atoms with van der Waals surface area (Å²) in [4.78, 5) is 32.5. The molecule has 0 heterocycles. The van der Waals surface area contributed by atoms with Gasteiger partial charge in [0.15, 0.2) is 0 Å². The third kappa shape index (κ3) is 8.26. The fourth-order valence-electron chi connectivity index (χ4n) is 1.08. The minimum absolute atomic E-state index is 0.323. The Morgan fingerprint density at radius 2 is 1.85 bits per heavy atom. The molecular formula is C9H17N3O7S. The van der Waals surface area contributed by atoms with Gasteiger partial charge >= 0.3 is 22.3 Å². The van der Waals surface area contributed by atoms with Crippen molar-refractivity contribution in [1.29, 1.82) is 0 Å². The van der Waals surface area contributed by atoms with Crippen LogP contribution in [0.4, 0.5) is 4.79 Å². The van der Waals surface area contributed by atoms with E-state index in [-0.39, 0.29) is 12.8 Å². The number of hydrogen-bond acceptors (Lipinski definition) is 6. The zero-order valence-corrected chi connectivity index (χ0v) is 11.8. The van der Waals surface area contributed by atoms with Crippen LogP contribution in [0.15, 0.2) is 0 Å². The predicted octanol–water partition coefficient (Wildman–Crippen LogP) is -1.33. The van der Waals surface area contributed by atoms with Crippen LogP contribution in [0.3, 0.4) is 0 Å². The molecule has 0 aliphatic heterocycles. The fourth-order valence-corrected chi connectivity index (χ4v) is 2.00. The standard InChI is InChI=1S/C9H17N3O7S/c1-5(2)19-9(16)12-20(17,18)11-6(8(14)15)3-4-7(10)13/h5-6,11H,3-4H2,1-2H3,(H2,10,13)(H,12,16)(H,14,15). The van der Waals surface area contributed by atoms with Crippen molar-refractivity contribution in [3.05, 3.63) is 0 Å². The van der Waals surface area contributed by atoms with Crippen LogP contribution in [0.2, 0.25) is 0 Å². The summed E-state index contributed by atoms with van der Waals surface area (Å²) < 4.78 is 30.7. The largest absolute Gasteiger partial charge is 0.480 e. The van der Waals surface area contributed by atoms with E-state index < -0.39 is 40.3 Å². The highest BCUT2D eigenvalue weighted by Gasteiger charge is 2.26.